The summed E-state index contributed by atoms with van der Waals surface area (Å²) in [5.74, 6) is -0.332. The van der Waals surface area contributed by atoms with E-state index in [0.29, 0.717) is 16.1 Å². The SMILES string of the molecule is OC(c1ccc(F)cc1)c1cc(Br)ccc1Cl. The molecule has 2 aromatic carbocycles. The molecule has 0 radical (unpaired) electrons. The van der Waals surface area contributed by atoms with E-state index in [-0.39, 0.29) is 5.82 Å². The van der Waals surface area contributed by atoms with E-state index in [4.69, 9.17) is 11.6 Å². The zero-order chi connectivity index (χ0) is 12.4. The minimum absolute atomic E-state index is 0.332. The predicted octanol–water partition coefficient (Wildman–Crippen LogP) is 4.32. The van der Waals surface area contributed by atoms with Crippen molar-refractivity contribution in [2.24, 2.45) is 0 Å². The second kappa shape index (κ2) is 5.17. The second-order valence-electron chi connectivity index (χ2n) is 3.62. The zero-order valence-corrected chi connectivity index (χ0v) is 11.0. The van der Waals surface area contributed by atoms with Gasteiger partial charge in [0.25, 0.3) is 0 Å². The molecule has 0 spiro atoms. The highest BCUT2D eigenvalue weighted by Gasteiger charge is 2.14. The van der Waals surface area contributed by atoms with Crippen LogP contribution in [0, 0.1) is 5.82 Å². The molecular weight excluding hydrogens is 306 g/mol. The smallest absolute Gasteiger partial charge is 0.123 e. The molecule has 0 aliphatic rings. The number of hydrogen-bond acceptors (Lipinski definition) is 1. The fourth-order valence-corrected chi connectivity index (χ4v) is 2.15. The van der Waals surface area contributed by atoms with E-state index in [2.05, 4.69) is 15.9 Å². The molecule has 0 saturated heterocycles. The van der Waals surface area contributed by atoms with E-state index < -0.39 is 6.10 Å². The Morgan fingerprint density at radius 3 is 2.41 bits per heavy atom. The van der Waals surface area contributed by atoms with Crippen LogP contribution in [0.2, 0.25) is 5.02 Å². The zero-order valence-electron chi connectivity index (χ0n) is 8.70. The molecule has 0 heterocycles. The molecule has 0 aliphatic heterocycles. The maximum Gasteiger partial charge on any atom is 0.123 e. The van der Waals surface area contributed by atoms with Gasteiger partial charge in [0.15, 0.2) is 0 Å². The van der Waals surface area contributed by atoms with E-state index >= 15 is 0 Å². The summed E-state index contributed by atoms with van der Waals surface area (Å²) in [6.45, 7) is 0. The first-order chi connectivity index (χ1) is 8.08. The summed E-state index contributed by atoms with van der Waals surface area (Å²) in [6, 6.07) is 10.9. The van der Waals surface area contributed by atoms with Crippen molar-refractivity contribution in [3.63, 3.8) is 0 Å². The highest BCUT2D eigenvalue weighted by molar-refractivity contribution is 9.10. The number of rotatable bonds is 2. The fraction of sp³-hybridized carbons (Fsp3) is 0.0769. The monoisotopic (exact) mass is 314 g/mol. The molecule has 2 rings (SSSR count). The van der Waals surface area contributed by atoms with Crippen molar-refractivity contribution in [1.82, 2.24) is 0 Å². The van der Waals surface area contributed by atoms with Crippen LogP contribution < -0.4 is 0 Å². The molecule has 0 aromatic heterocycles. The molecule has 2 aromatic rings. The lowest BCUT2D eigenvalue weighted by Gasteiger charge is -2.13. The highest BCUT2D eigenvalue weighted by Crippen LogP contribution is 2.30. The van der Waals surface area contributed by atoms with Gasteiger partial charge in [0.05, 0.1) is 0 Å². The van der Waals surface area contributed by atoms with E-state index in [1.54, 1.807) is 18.2 Å². The quantitative estimate of drug-likeness (QED) is 0.875. The molecule has 1 N–H and O–H groups in total. The van der Waals surface area contributed by atoms with Crippen LogP contribution in [-0.4, -0.2) is 5.11 Å². The number of aliphatic hydroxyl groups excluding tert-OH is 1. The van der Waals surface area contributed by atoms with Gasteiger partial charge in [-0.05, 0) is 35.9 Å². The van der Waals surface area contributed by atoms with Crippen molar-refractivity contribution in [2.75, 3.05) is 0 Å². The van der Waals surface area contributed by atoms with Gasteiger partial charge >= 0.3 is 0 Å². The molecular formula is C13H9BrClFO. The van der Waals surface area contributed by atoms with Gasteiger partial charge in [0.1, 0.15) is 11.9 Å². The summed E-state index contributed by atoms with van der Waals surface area (Å²) in [6.07, 6.45) is -0.861. The van der Waals surface area contributed by atoms with Gasteiger partial charge in [-0.2, -0.15) is 0 Å². The van der Waals surface area contributed by atoms with E-state index in [1.807, 2.05) is 0 Å². The van der Waals surface area contributed by atoms with Crippen LogP contribution in [-0.2, 0) is 0 Å². The van der Waals surface area contributed by atoms with Crippen molar-refractivity contribution in [2.45, 2.75) is 6.10 Å². The highest BCUT2D eigenvalue weighted by atomic mass is 79.9. The fourth-order valence-electron chi connectivity index (χ4n) is 1.55. The standard InChI is InChI=1S/C13H9BrClFO/c14-9-3-6-12(15)11(7-9)13(17)8-1-4-10(16)5-2-8/h1-7,13,17H. The van der Waals surface area contributed by atoms with Gasteiger partial charge in [-0.15, -0.1) is 0 Å². The molecule has 0 saturated carbocycles. The minimum atomic E-state index is -0.861. The molecule has 0 aliphatic carbocycles. The van der Waals surface area contributed by atoms with Gasteiger partial charge in [-0.25, -0.2) is 4.39 Å². The molecule has 0 bridgehead atoms. The van der Waals surface area contributed by atoms with Crippen LogP contribution in [0.25, 0.3) is 0 Å². The lowest BCUT2D eigenvalue weighted by atomic mass is 10.0. The molecule has 1 unspecified atom stereocenters. The number of benzene rings is 2. The Morgan fingerprint density at radius 2 is 1.76 bits per heavy atom. The normalized spacial score (nSPS) is 12.5. The summed E-state index contributed by atoms with van der Waals surface area (Å²) >= 11 is 9.34. The Bertz CT molecular complexity index is 527. The summed E-state index contributed by atoms with van der Waals surface area (Å²) < 4.78 is 13.6. The molecule has 0 fully saturated rings. The average molecular weight is 316 g/mol. The topological polar surface area (TPSA) is 20.2 Å². The summed E-state index contributed by atoms with van der Waals surface area (Å²) in [5, 5.41) is 10.6. The van der Waals surface area contributed by atoms with Crippen molar-refractivity contribution >= 4 is 27.5 Å². The first-order valence-corrected chi connectivity index (χ1v) is 6.13. The van der Waals surface area contributed by atoms with Gasteiger partial charge in [-0.1, -0.05) is 39.7 Å². The largest absolute Gasteiger partial charge is 0.384 e. The Morgan fingerprint density at radius 1 is 1.12 bits per heavy atom. The van der Waals surface area contributed by atoms with Crippen LogP contribution in [0.1, 0.15) is 17.2 Å². The maximum absolute atomic E-state index is 12.8. The Hall–Kier alpha value is -0.900. The maximum atomic E-state index is 12.8. The predicted molar refractivity (Wildman–Crippen MR) is 69.6 cm³/mol. The number of aliphatic hydroxyl groups is 1. The van der Waals surface area contributed by atoms with Crippen molar-refractivity contribution in [3.8, 4) is 0 Å². The van der Waals surface area contributed by atoms with Gasteiger partial charge < -0.3 is 5.11 Å². The third-order valence-corrected chi connectivity index (χ3v) is 3.28. The lowest BCUT2D eigenvalue weighted by molar-refractivity contribution is 0.220. The molecule has 88 valence electrons. The van der Waals surface area contributed by atoms with Crippen LogP contribution in [0.3, 0.4) is 0 Å². The Kier molecular flexibility index (Phi) is 3.82. The van der Waals surface area contributed by atoms with Crippen molar-refractivity contribution in [3.05, 3.63) is 68.9 Å². The number of halogens is 3. The lowest BCUT2D eigenvalue weighted by Crippen LogP contribution is -2.00. The molecule has 4 heteroatoms. The van der Waals surface area contributed by atoms with Crippen LogP contribution in [0.5, 0.6) is 0 Å². The summed E-state index contributed by atoms with van der Waals surface area (Å²) in [5.41, 5.74) is 1.19. The average Bonchev–Trinajstić information content (AvgIpc) is 2.32. The number of hydrogen-bond donors (Lipinski definition) is 1. The van der Waals surface area contributed by atoms with Crippen LogP contribution in [0.4, 0.5) is 4.39 Å². The summed E-state index contributed by atoms with van der Waals surface area (Å²) in [4.78, 5) is 0. The minimum Gasteiger partial charge on any atom is -0.384 e. The molecule has 17 heavy (non-hydrogen) atoms. The van der Waals surface area contributed by atoms with Gasteiger partial charge in [-0.3, -0.25) is 0 Å². The Balaban J connectivity index is 2.39. The van der Waals surface area contributed by atoms with E-state index in [1.165, 1.54) is 24.3 Å². The molecule has 1 nitrogen and oxygen atoms in total. The van der Waals surface area contributed by atoms with Crippen molar-refractivity contribution < 1.29 is 9.50 Å². The third-order valence-electron chi connectivity index (χ3n) is 2.44. The van der Waals surface area contributed by atoms with Crippen LogP contribution >= 0.6 is 27.5 Å². The van der Waals surface area contributed by atoms with E-state index in [0.717, 1.165) is 4.47 Å². The first kappa shape index (κ1) is 12.6. The molecule has 0 amide bonds. The van der Waals surface area contributed by atoms with Gasteiger partial charge in [0, 0.05) is 15.1 Å². The third kappa shape index (κ3) is 2.86. The van der Waals surface area contributed by atoms with Crippen LogP contribution in [0.15, 0.2) is 46.9 Å². The first-order valence-electron chi connectivity index (χ1n) is 4.96. The van der Waals surface area contributed by atoms with Crippen molar-refractivity contribution in [1.29, 1.82) is 0 Å². The van der Waals surface area contributed by atoms with E-state index in [9.17, 15) is 9.50 Å². The summed E-state index contributed by atoms with van der Waals surface area (Å²) in [7, 11) is 0. The molecule has 1 atom stereocenters. The second-order valence-corrected chi connectivity index (χ2v) is 4.94. The Labute approximate surface area is 112 Å². The van der Waals surface area contributed by atoms with Gasteiger partial charge in [0.2, 0.25) is 0 Å².